The van der Waals surface area contributed by atoms with Gasteiger partial charge in [0.15, 0.2) is 0 Å². The Morgan fingerprint density at radius 2 is 1.35 bits per heavy atom. The van der Waals surface area contributed by atoms with Crippen LogP contribution in [0.3, 0.4) is 0 Å². The lowest BCUT2D eigenvalue weighted by Crippen LogP contribution is -1.89. The lowest BCUT2D eigenvalue weighted by Gasteiger charge is -2.07. The summed E-state index contributed by atoms with van der Waals surface area (Å²) in [5.74, 6) is 2.16. The smallest absolute Gasteiger partial charge is 0.127 e. The molecule has 2 N–H and O–H groups in total. The van der Waals surface area contributed by atoms with Crippen molar-refractivity contribution in [1.29, 1.82) is 0 Å². The van der Waals surface area contributed by atoms with Crippen LogP contribution < -0.4 is 10.5 Å². The van der Waals surface area contributed by atoms with Gasteiger partial charge in [0, 0.05) is 11.8 Å². The molecule has 2 aromatic carbocycles. The van der Waals surface area contributed by atoms with Crippen molar-refractivity contribution in [3.05, 3.63) is 72.9 Å². The standard InChI is InChI=1S/C17H14N2O/c18-17-11-8-14(12-19-17)13-6-9-16(10-7-13)20-15-4-2-1-3-5-15/h1-12H,(H2,18,19). The zero-order chi connectivity index (χ0) is 13.8. The number of pyridine rings is 1. The van der Waals surface area contributed by atoms with E-state index >= 15 is 0 Å². The van der Waals surface area contributed by atoms with Gasteiger partial charge in [0.2, 0.25) is 0 Å². The summed E-state index contributed by atoms with van der Waals surface area (Å²) in [6, 6.07) is 21.4. The van der Waals surface area contributed by atoms with E-state index in [-0.39, 0.29) is 0 Å². The second-order valence-electron chi connectivity index (χ2n) is 4.41. The summed E-state index contributed by atoms with van der Waals surface area (Å²) in [6.07, 6.45) is 1.77. The minimum Gasteiger partial charge on any atom is -0.457 e. The number of rotatable bonds is 3. The number of para-hydroxylation sites is 1. The summed E-state index contributed by atoms with van der Waals surface area (Å²) in [6.45, 7) is 0. The third-order valence-corrected chi connectivity index (χ3v) is 2.95. The van der Waals surface area contributed by atoms with Crippen molar-refractivity contribution in [3.63, 3.8) is 0 Å². The van der Waals surface area contributed by atoms with Gasteiger partial charge in [-0.3, -0.25) is 0 Å². The molecule has 0 atom stereocenters. The quantitative estimate of drug-likeness (QED) is 0.772. The molecule has 0 radical (unpaired) electrons. The van der Waals surface area contributed by atoms with Crippen molar-refractivity contribution >= 4 is 5.82 Å². The molecule has 3 rings (SSSR count). The van der Waals surface area contributed by atoms with Crippen molar-refractivity contribution in [1.82, 2.24) is 4.98 Å². The summed E-state index contributed by atoms with van der Waals surface area (Å²) in [4.78, 5) is 4.09. The highest BCUT2D eigenvalue weighted by Crippen LogP contribution is 2.25. The summed E-state index contributed by atoms with van der Waals surface area (Å²) < 4.78 is 5.75. The van der Waals surface area contributed by atoms with Crippen LogP contribution in [0, 0.1) is 0 Å². The molecule has 3 aromatic rings. The summed E-state index contributed by atoms with van der Waals surface area (Å²) in [5.41, 5.74) is 7.70. The minimum atomic E-state index is 0.526. The molecule has 0 bridgehead atoms. The molecule has 20 heavy (non-hydrogen) atoms. The first-order chi connectivity index (χ1) is 9.81. The van der Waals surface area contributed by atoms with Gasteiger partial charge in [-0.15, -0.1) is 0 Å². The van der Waals surface area contributed by atoms with E-state index in [1.807, 2.05) is 60.7 Å². The molecule has 98 valence electrons. The Kier molecular flexibility index (Phi) is 3.33. The van der Waals surface area contributed by atoms with Crippen molar-refractivity contribution in [2.45, 2.75) is 0 Å². The fraction of sp³-hybridized carbons (Fsp3) is 0. The fourth-order valence-electron chi connectivity index (χ4n) is 1.92. The highest BCUT2D eigenvalue weighted by atomic mass is 16.5. The molecule has 0 fully saturated rings. The van der Waals surface area contributed by atoms with Crippen LogP contribution in [0.5, 0.6) is 11.5 Å². The molecular formula is C17H14N2O. The maximum atomic E-state index is 5.75. The first-order valence-electron chi connectivity index (χ1n) is 6.36. The van der Waals surface area contributed by atoms with E-state index in [0.717, 1.165) is 22.6 Å². The normalized spacial score (nSPS) is 10.2. The van der Waals surface area contributed by atoms with Gasteiger partial charge in [0.25, 0.3) is 0 Å². The van der Waals surface area contributed by atoms with Gasteiger partial charge >= 0.3 is 0 Å². The highest BCUT2D eigenvalue weighted by molar-refractivity contribution is 5.64. The first-order valence-corrected chi connectivity index (χ1v) is 6.36. The van der Waals surface area contributed by atoms with Crippen molar-refractivity contribution < 1.29 is 4.74 Å². The van der Waals surface area contributed by atoms with Crippen LogP contribution in [0.4, 0.5) is 5.82 Å². The van der Waals surface area contributed by atoms with Gasteiger partial charge in [0.05, 0.1) is 0 Å². The molecule has 3 heteroatoms. The lowest BCUT2D eigenvalue weighted by atomic mass is 10.1. The van der Waals surface area contributed by atoms with Gasteiger partial charge in [-0.2, -0.15) is 0 Å². The lowest BCUT2D eigenvalue weighted by molar-refractivity contribution is 0.483. The number of nitrogens with zero attached hydrogens (tertiary/aromatic N) is 1. The molecule has 1 aromatic heterocycles. The predicted molar refractivity (Wildman–Crippen MR) is 80.6 cm³/mol. The number of nitrogens with two attached hydrogens (primary N) is 1. The van der Waals surface area contributed by atoms with E-state index < -0.39 is 0 Å². The Morgan fingerprint density at radius 3 is 2.00 bits per heavy atom. The minimum absolute atomic E-state index is 0.526. The number of hydrogen-bond acceptors (Lipinski definition) is 3. The average molecular weight is 262 g/mol. The molecule has 0 unspecified atom stereocenters. The summed E-state index contributed by atoms with van der Waals surface area (Å²) in [7, 11) is 0. The van der Waals surface area contributed by atoms with Crippen molar-refractivity contribution in [2.24, 2.45) is 0 Å². The van der Waals surface area contributed by atoms with Gasteiger partial charge in [-0.25, -0.2) is 4.98 Å². The van der Waals surface area contributed by atoms with Crippen LogP contribution in [-0.2, 0) is 0 Å². The third-order valence-electron chi connectivity index (χ3n) is 2.95. The van der Waals surface area contributed by atoms with E-state index in [9.17, 15) is 0 Å². The van der Waals surface area contributed by atoms with Crippen LogP contribution in [0.2, 0.25) is 0 Å². The second-order valence-corrected chi connectivity index (χ2v) is 4.41. The fourth-order valence-corrected chi connectivity index (χ4v) is 1.92. The SMILES string of the molecule is Nc1ccc(-c2ccc(Oc3ccccc3)cc2)cn1. The molecular weight excluding hydrogens is 248 g/mol. The van der Waals surface area contributed by atoms with Crippen LogP contribution in [-0.4, -0.2) is 4.98 Å². The largest absolute Gasteiger partial charge is 0.457 e. The zero-order valence-electron chi connectivity index (χ0n) is 10.9. The number of aromatic nitrogens is 1. The number of ether oxygens (including phenoxy) is 1. The van der Waals surface area contributed by atoms with Crippen LogP contribution in [0.15, 0.2) is 72.9 Å². The van der Waals surface area contributed by atoms with Gasteiger partial charge in [0.1, 0.15) is 17.3 Å². The summed E-state index contributed by atoms with van der Waals surface area (Å²) in [5, 5.41) is 0. The maximum absolute atomic E-state index is 5.75. The van der Waals surface area contributed by atoms with Crippen molar-refractivity contribution in [3.8, 4) is 22.6 Å². The van der Waals surface area contributed by atoms with E-state index in [0.29, 0.717) is 5.82 Å². The first kappa shape index (κ1) is 12.2. The molecule has 0 amide bonds. The Labute approximate surface area is 117 Å². The third kappa shape index (κ3) is 2.78. The molecule has 0 aliphatic heterocycles. The number of benzene rings is 2. The number of anilines is 1. The summed E-state index contributed by atoms with van der Waals surface area (Å²) >= 11 is 0. The maximum Gasteiger partial charge on any atom is 0.127 e. The van der Waals surface area contributed by atoms with E-state index in [2.05, 4.69) is 4.98 Å². The van der Waals surface area contributed by atoms with Gasteiger partial charge in [-0.1, -0.05) is 30.3 Å². The molecule has 0 aliphatic carbocycles. The topological polar surface area (TPSA) is 48.1 Å². The molecule has 0 aliphatic rings. The van der Waals surface area contributed by atoms with Crippen LogP contribution in [0.1, 0.15) is 0 Å². The predicted octanol–water partition coefficient (Wildman–Crippen LogP) is 4.12. The van der Waals surface area contributed by atoms with E-state index in [1.54, 1.807) is 12.3 Å². The average Bonchev–Trinajstić information content (AvgIpc) is 2.50. The van der Waals surface area contributed by atoms with Gasteiger partial charge in [-0.05, 0) is 42.0 Å². The molecule has 1 heterocycles. The molecule has 0 saturated carbocycles. The Balaban J connectivity index is 1.79. The zero-order valence-corrected chi connectivity index (χ0v) is 10.9. The Bertz CT molecular complexity index is 676. The Morgan fingerprint density at radius 1 is 0.700 bits per heavy atom. The Hall–Kier alpha value is -2.81. The molecule has 3 nitrogen and oxygen atoms in total. The van der Waals surface area contributed by atoms with Crippen molar-refractivity contribution in [2.75, 3.05) is 5.73 Å². The monoisotopic (exact) mass is 262 g/mol. The van der Waals surface area contributed by atoms with Crippen LogP contribution in [0.25, 0.3) is 11.1 Å². The highest BCUT2D eigenvalue weighted by Gasteiger charge is 2.00. The van der Waals surface area contributed by atoms with E-state index in [1.165, 1.54) is 0 Å². The second kappa shape index (κ2) is 5.45. The number of nitrogen functional groups attached to an aromatic ring is 1. The van der Waals surface area contributed by atoms with E-state index in [4.69, 9.17) is 10.5 Å². The number of hydrogen-bond donors (Lipinski definition) is 1. The molecule has 0 saturated heterocycles. The molecule has 0 spiro atoms. The van der Waals surface area contributed by atoms with Gasteiger partial charge < -0.3 is 10.5 Å². The van der Waals surface area contributed by atoms with Crippen LogP contribution >= 0.6 is 0 Å².